The lowest BCUT2D eigenvalue weighted by Crippen LogP contribution is -2.28. The Hall–Kier alpha value is -2.37. The van der Waals surface area contributed by atoms with Gasteiger partial charge in [0.25, 0.3) is 5.91 Å². The van der Waals surface area contributed by atoms with E-state index >= 15 is 0 Å². The van der Waals surface area contributed by atoms with Gasteiger partial charge in [-0.2, -0.15) is 0 Å². The van der Waals surface area contributed by atoms with Gasteiger partial charge in [0.05, 0.1) is 0 Å². The SMILES string of the molecule is Cc1nc(N)c(C(=O)N(C)c2ccc(F)cc2)n1C. The molecule has 19 heavy (non-hydrogen) atoms. The highest BCUT2D eigenvalue weighted by Crippen LogP contribution is 2.19. The van der Waals surface area contributed by atoms with Crippen LogP contribution in [0.4, 0.5) is 15.9 Å². The fraction of sp³-hybridized carbons (Fsp3) is 0.231. The number of nitrogen functional groups attached to an aromatic ring is 1. The Morgan fingerprint density at radius 1 is 1.37 bits per heavy atom. The molecule has 0 aliphatic carbocycles. The monoisotopic (exact) mass is 262 g/mol. The Bertz CT molecular complexity index is 618. The van der Waals surface area contributed by atoms with Crippen LogP contribution in [0.25, 0.3) is 0 Å². The third-order valence-electron chi connectivity index (χ3n) is 3.07. The Kier molecular flexibility index (Phi) is 3.25. The van der Waals surface area contributed by atoms with E-state index in [4.69, 9.17) is 5.73 Å². The van der Waals surface area contributed by atoms with Gasteiger partial charge in [0.1, 0.15) is 11.6 Å². The van der Waals surface area contributed by atoms with Crippen LogP contribution >= 0.6 is 0 Å². The standard InChI is InChI=1S/C13H15FN4O/c1-8-16-12(15)11(17(8)2)13(19)18(3)10-6-4-9(14)5-7-10/h4-7H,15H2,1-3H3. The normalized spacial score (nSPS) is 10.5. The highest BCUT2D eigenvalue weighted by molar-refractivity contribution is 6.07. The van der Waals surface area contributed by atoms with Crippen LogP contribution < -0.4 is 10.6 Å². The maximum atomic E-state index is 12.9. The average molecular weight is 262 g/mol. The number of nitrogens with two attached hydrogens (primary N) is 1. The summed E-state index contributed by atoms with van der Waals surface area (Å²) in [5.74, 6) is 0.222. The molecule has 1 heterocycles. The second-order valence-electron chi connectivity index (χ2n) is 4.29. The molecule has 1 aromatic heterocycles. The third kappa shape index (κ3) is 2.29. The minimum Gasteiger partial charge on any atom is -0.382 e. The molecule has 0 atom stereocenters. The van der Waals surface area contributed by atoms with Gasteiger partial charge < -0.3 is 15.2 Å². The number of amides is 1. The van der Waals surface area contributed by atoms with Gasteiger partial charge in [-0.1, -0.05) is 0 Å². The molecule has 2 rings (SSSR count). The van der Waals surface area contributed by atoms with Gasteiger partial charge in [0, 0.05) is 19.8 Å². The molecule has 0 saturated carbocycles. The van der Waals surface area contributed by atoms with Gasteiger partial charge in [0.15, 0.2) is 11.5 Å². The zero-order chi connectivity index (χ0) is 14.2. The Labute approximate surface area is 110 Å². The van der Waals surface area contributed by atoms with Crippen LogP contribution in [-0.2, 0) is 7.05 Å². The maximum Gasteiger partial charge on any atom is 0.278 e. The topological polar surface area (TPSA) is 64.2 Å². The van der Waals surface area contributed by atoms with E-state index in [2.05, 4.69) is 4.98 Å². The molecule has 6 heteroatoms. The largest absolute Gasteiger partial charge is 0.382 e. The van der Waals surface area contributed by atoms with Crippen molar-refractivity contribution in [2.75, 3.05) is 17.7 Å². The molecule has 2 aromatic rings. The van der Waals surface area contributed by atoms with E-state index in [1.54, 1.807) is 25.6 Å². The molecule has 0 aliphatic rings. The summed E-state index contributed by atoms with van der Waals surface area (Å²) in [6.07, 6.45) is 0. The predicted molar refractivity (Wildman–Crippen MR) is 71.5 cm³/mol. The van der Waals surface area contributed by atoms with Crippen molar-refractivity contribution in [2.45, 2.75) is 6.92 Å². The van der Waals surface area contributed by atoms with E-state index in [-0.39, 0.29) is 17.5 Å². The van der Waals surface area contributed by atoms with Crippen LogP contribution in [-0.4, -0.2) is 22.5 Å². The van der Waals surface area contributed by atoms with Crippen LogP contribution in [0.3, 0.4) is 0 Å². The van der Waals surface area contributed by atoms with Crippen molar-refractivity contribution in [2.24, 2.45) is 7.05 Å². The van der Waals surface area contributed by atoms with Crippen molar-refractivity contribution < 1.29 is 9.18 Å². The Balaban J connectivity index is 2.36. The third-order valence-corrected chi connectivity index (χ3v) is 3.07. The van der Waals surface area contributed by atoms with Crippen LogP contribution in [0.5, 0.6) is 0 Å². The number of aromatic nitrogens is 2. The van der Waals surface area contributed by atoms with E-state index < -0.39 is 0 Å². The van der Waals surface area contributed by atoms with Crippen molar-refractivity contribution in [3.05, 3.63) is 41.6 Å². The minimum absolute atomic E-state index is 0.193. The lowest BCUT2D eigenvalue weighted by Gasteiger charge is -2.17. The van der Waals surface area contributed by atoms with E-state index in [0.29, 0.717) is 17.2 Å². The molecule has 0 saturated heterocycles. The van der Waals surface area contributed by atoms with E-state index in [1.165, 1.54) is 29.2 Å². The summed E-state index contributed by atoms with van der Waals surface area (Å²) >= 11 is 0. The number of halogens is 1. The van der Waals surface area contributed by atoms with Gasteiger partial charge in [-0.25, -0.2) is 9.37 Å². The van der Waals surface area contributed by atoms with E-state index in [9.17, 15) is 9.18 Å². The van der Waals surface area contributed by atoms with Crippen LogP contribution in [0.15, 0.2) is 24.3 Å². The first kappa shape index (κ1) is 13.1. The molecule has 0 aliphatic heterocycles. The smallest absolute Gasteiger partial charge is 0.278 e. The summed E-state index contributed by atoms with van der Waals surface area (Å²) in [4.78, 5) is 17.8. The zero-order valence-electron chi connectivity index (χ0n) is 11.0. The van der Waals surface area contributed by atoms with Crippen molar-refractivity contribution in [3.8, 4) is 0 Å². The summed E-state index contributed by atoms with van der Waals surface area (Å²) in [5.41, 5.74) is 6.65. The molecule has 0 bridgehead atoms. The molecule has 0 fully saturated rings. The quantitative estimate of drug-likeness (QED) is 0.896. The minimum atomic E-state index is -0.347. The molecule has 100 valence electrons. The fourth-order valence-electron chi connectivity index (χ4n) is 1.83. The number of carbonyl (C=O) groups excluding carboxylic acids is 1. The average Bonchev–Trinajstić information content (AvgIpc) is 2.62. The first-order chi connectivity index (χ1) is 8.91. The van der Waals surface area contributed by atoms with Crippen molar-refractivity contribution in [1.29, 1.82) is 0 Å². The van der Waals surface area contributed by atoms with Crippen LogP contribution in [0.2, 0.25) is 0 Å². The Morgan fingerprint density at radius 2 is 1.95 bits per heavy atom. The first-order valence-electron chi connectivity index (χ1n) is 5.74. The maximum absolute atomic E-state index is 12.9. The molecule has 1 amide bonds. The molecule has 0 unspecified atom stereocenters. The number of carbonyl (C=O) groups is 1. The summed E-state index contributed by atoms with van der Waals surface area (Å²) in [6, 6.07) is 5.67. The van der Waals surface area contributed by atoms with Gasteiger partial charge in [-0.15, -0.1) is 0 Å². The van der Waals surface area contributed by atoms with E-state index in [0.717, 1.165) is 0 Å². The number of hydrogen-bond acceptors (Lipinski definition) is 3. The van der Waals surface area contributed by atoms with Crippen molar-refractivity contribution >= 4 is 17.4 Å². The molecule has 1 aromatic carbocycles. The zero-order valence-corrected chi connectivity index (χ0v) is 11.0. The number of nitrogens with zero attached hydrogens (tertiary/aromatic N) is 3. The first-order valence-corrected chi connectivity index (χ1v) is 5.74. The Morgan fingerprint density at radius 3 is 2.42 bits per heavy atom. The van der Waals surface area contributed by atoms with Crippen molar-refractivity contribution in [1.82, 2.24) is 9.55 Å². The molecular formula is C13H15FN4O. The van der Waals surface area contributed by atoms with Crippen LogP contribution in [0, 0.1) is 12.7 Å². The molecule has 2 N–H and O–H groups in total. The summed E-state index contributed by atoms with van der Waals surface area (Å²) in [5, 5.41) is 0. The van der Waals surface area contributed by atoms with Gasteiger partial charge in [-0.3, -0.25) is 4.79 Å². The second-order valence-corrected chi connectivity index (χ2v) is 4.29. The highest BCUT2D eigenvalue weighted by atomic mass is 19.1. The molecular weight excluding hydrogens is 247 g/mol. The number of hydrogen-bond donors (Lipinski definition) is 1. The molecule has 0 spiro atoms. The number of benzene rings is 1. The summed E-state index contributed by atoms with van der Waals surface area (Å²) < 4.78 is 14.5. The van der Waals surface area contributed by atoms with Crippen molar-refractivity contribution in [3.63, 3.8) is 0 Å². The summed E-state index contributed by atoms with van der Waals surface area (Å²) in [6.45, 7) is 1.77. The molecule has 0 radical (unpaired) electrons. The fourth-order valence-corrected chi connectivity index (χ4v) is 1.83. The number of imidazole rings is 1. The van der Waals surface area contributed by atoms with Gasteiger partial charge in [0.2, 0.25) is 0 Å². The number of aryl methyl sites for hydroxylation is 1. The van der Waals surface area contributed by atoms with Gasteiger partial charge in [-0.05, 0) is 31.2 Å². The lowest BCUT2D eigenvalue weighted by atomic mass is 10.2. The number of anilines is 2. The highest BCUT2D eigenvalue weighted by Gasteiger charge is 2.21. The molecule has 5 nitrogen and oxygen atoms in total. The van der Waals surface area contributed by atoms with Crippen LogP contribution in [0.1, 0.15) is 16.3 Å². The van der Waals surface area contributed by atoms with E-state index in [1.807, 2.05) is 0 Å². The number of rotatable bonds is 2. The lowest BCUT2D eigenvalue weighted by molar-refractivity contribution is 0.0986. The van der Waals surface area contributed by atoms with Gasteiger partial charge >= 0.3 is 0 Å². The summed E-state index contributed by atoms with van der Waals surface area (Å²) in [7, 11) is 3.34. The predicted octanol–water partition coefficient (Wildman–Crippen LogP) is 1.73. The second kappa shape index (κ2) is 4.72.